The van der Waals surface area contributed by atoms with Crippen LogP contribution in [-0.4, -0.2) is 38.1 Å². The van der Waals surface area contributed by atoms with E-state index in [2.05, 4.69) is 84.4 Å². The molecule has 11 rings (SSSR count). The zero-order valence-electron chi connectivity index (χ0n) is 39.2. The molecule has 5 aromatic rings. The molecule has 358 valence electrons. The number of nitrogens with zero attached hydrogens (tertiary/aromatic N) is 6. The monoisotopic (exact) mass is 986 g/mol. The number of amides is 1. The van der Waals surface area contributed by atoms with Gasteiger partial charge in [0.15, 0.2) is 0 Å². The van der Waals surface area contributed by atoms with E-state index in [0.717, 1.165) is 123 Å². The summed E-state index contributed by atoms with van der Waals surface area (Å²) in [6, 6.07) is 19.8. The van der Waals surface area contributed by atoms with E-state index in [1.807, 2.05) is 80.2 Å². The van der Waals surface area contributed by atoms with E-state index < -0.39 is 0 Å². The summed E-state index contributed by atoms with van der Waals surface area (Å²) >= 11 is 18.9. The van der Waals surface area contributed by atoms with Gasteiger partial charge in [0.2, 0.25) is 5.91 Å². The number of imidazole rings is 2. The molecule has 3 aromatic carbocycles. The number of aryl methyl sites for hydroxylation is 2. The van der Waals surface area contributed by atoms with Crippen LogP contribution in [0.2, 0.25) is 15.1 Å². The molecule has 0 atom stereocenters. The Bertz CT molecular complexity index is 2940. The Labute approximate surface area is 426 Å². The molecule has 6 aliphatic rings. The Balaban J connectivity index is 0.000000169. The van der Waals surface area contributed by atoms with Crippen molar-refractivity contribution in [3.05, 3.63) is 216 Å². The molecule has 2 fully saturated rings. The summed E-state index contributed by atoms with van der Waals surface area (Å²) in [6.07, 6.45) is 38.2. The second-order valence-corrected chi connectivity index (χ2v) is 20.1. The normalized spacial score (nSPS) is 19.5. The number of hydrogen-bond acceptors (Lipinski definition) is 4. The molecule has 3 aliphatic heterocycles. The number of carbonyl (C=O) groups is 1. The number of carbonyl (C=O) groups excluding carboxylic acids is 1. The lowest BCUT2D eigenvalue weighted by atomic mass is 9.74. The summed E-state index contributed by atoms with van der Waals surface area (Å²) in [5.74, 6) is 0.896. The fraction of sp³-hybridized carbons (Fsp3) is 0.293. The molecule has 5 heterocycles. The summed E-state index contributed by atoms with van der Waals surface area (Å²) < 4.78 is 4.25. The fourth-order valence-electron chi connectivity index (χ4n) is 10.9. The van der Waals surface area contributed by atoms with Gasteiger partial charge >= 0.3 is 0 Å². The third-order valence-corrected chi connectivity index (χ3v) is 15.0. The van der Waals surface area contributed by atoms with E-state index in [1.165, 1.54) is 50.1 Å². The third-order valence-electron chi connectivity index (χ3n) is 14.3. The Kier molecular flexibility index (Phi) is 15.2. The lowest BCUT2D eigenvalue weighted by Crippen LogP contribution is -2.28. The molecular weight excluding hydrogens is 931 g/mol. The highest BCUT2D eigenvalue weighted by molar-refractivity contribution is 6.31. The van der Waals surface area contributed by atoms with Gasteiger partial charge in [-0.15, -0.1) is 11.4 Å². The van der Waals surface area contributed by atoms with Crippen molar-refractivity contribution in [2.45, 2.75) is 77.3 Å². The first kappa shape index (κ1) is 47.6. The smallest absolute Gasteiger partial charge is 0.227 e. The van der Waals surface area contributed by atoms with Crippen molar-refractivity contribution in [1.29, 1.82) is 0 Å². The number of benzene rings is 3. The standard InChI is InChI=1S/C33H31Cl2N4O.C25H26ClN4/c34-26-9-12-28(13-10-26)38-33(40)23-7-5-22(6-8-23)31-29-14-11-27(35)20-25(29)19-24(30-4-1-15-37-32(30)31)3-2-17-39-18-16-36-21-39;26-21-5-6-22-20(16-21)15-19(3-2-13-30-14-12-28-17-30)23-4-1-9-29-25(23)24(22)18-7-10-27-11-8-18/h1,4,9-16,18-23H,2-3,5-8,17H2,(H,38,40);1,4-6,9,12,14-18,27H,2-3,7-8,10-11,13H2/q2*-1. The molecule has 0 bridgehead atoms. The number of rotatable bonds is 12. The van der Waals surface area contributed by atoms with Crippen LogP contribution in [0.5, 0.6) is 0 Å². The van der Waals surface area contributed by atoms with Gasteiger partial charge in [-0.05, 0) is 182 Å². The largest absolute Gasteiger partial charge is 0.663 e. The van der Waals surface area contributed by atoms with Crippen LogP contribution < -0.4 is 10.6 Å². The molecule has 0 unspecified atom stereocenters. The molecular formula is C58H57Cl3N8O-2. The van der Waals surface area contributed by atoms with Crippen molar-refractivity contribution < 1.29 is 4.79 Å². The highest BCUT2D eigenvalue weighted by Gasteiger charge is 2.32. The third kappa shape index (κ3) is 11.1. The van der Waals surface area contributed by atoms with Crippen molar-refractivity contribution in [2.24, 2.45) is 17.8 Å². The number of aromatic nitrogens is 4. The molecule has 1 saturated carbocycles. The number of fused-ring (bicyclic) bond motifs is 4. The maximum atomic E-state index is 13.1. The lowest BCUT2D eigenvalue weighted by Gasteiger charge is -2.37. The van der Waals surface area contributed by atoms with E-state index in [9.17, 15) is 4.79 Å². The molecule has 70 heavy (non-hydrogen) atoms. The predicted octanol–water partition coefficient (Wildman–Crippen LogP) is 15.0. The highest BCUT2D eigenvalue weighted by Crippen LogP contribution is 2.49. The Morgan fingerprint density at radius 1 is 0.643 bits per heavy atom. The van der Waals surface area contributed by atoms with Gasteiger partial charge in [0.05, 0.1) is 12.7 Å². The average Bonchev–Trinajstić information content (AvgIpc) is 4.07. The van der Waals surface area contributed by atoms with Gasteiger partial charge in [0.25, 0.3) is 0 Å². The molecule has 3 aliphatic carbocycles. The number of anilines is 1. The van der Waals surface area contributed by atoms with E-state index in [-0.39, 0.29) is 11.8 Å². The van der Waals surface area contributed by atoms with Gasteiger partial charge < -0.3 is 30.4 Å². The molecule has 1 amide bonds. The van der Waals surface area contributed by atoms with Crippen LogP contribution >= 0.6 is 34.8 Å². The highest BCUT2D eigenvalue weighted by atomic mass is 35.5. The summed E-state index contributed by atoms with van der Waals surface area (Å²) in [4.78, 5) is 21.4. The van der Waals surface area contributed by atoms with Crippen molar-refractivity contribution in [3.63, 3.8) is 0 Å². The zero-order chi connectivity index (χ0) is 47.8. The van der Waals surface area contributed by atoms with Gasteiger partial charge in [-0.2, -0.15) is 12.4 Å². The molecule has 2 N–H and O–H groups in total. The molecule has 9 nitrogen and oxygen atoms in total. The minimum Gasteiger partial charge on any atom is -0.663 e. The van der Waals surface area contributed by atoms with E-state index >= 15 is 0 Å². The van der Waals surface area contributed by atoms with Crippen molar-refractivity contribution in [3.8, 4) is 0 Å². The fourth-order valence-corrected chi connectivity index (χ4v) is 11.3. The maximum absolute atomic E-state index is 13.1. The SMILES string of the molecule is Clc1ccc2c(c1)C=C(CCCn1ccnc1)C1=CC=C[N-]C1=C2C1CCNCC1.O=C(Nc1ccc(Cl)cc1)C1CCC(C2=C3[N-]C=CC=C3C(CCCn3ccnc3)=Cc3cc(Cl)ccc32)CC1. The molecule has 0 spiro atoms. The van der Waals surface area contributed by atoms with E-state index in [1.54, 1.807) is 12.1 Å². The van der Waals surface area contributed by atoms with Crippen LogP contribution in [0.1, 0.15) is 86.5 Å². The first-order valence-corrected chi connectivity index (χ1v) is 25.8. The van der Waals surface area contributed by atoms with Crippen LogP contribution in [0.15, 0.2) is 168 Å². The van der Waals surface area contributed by atoms with E-state index in [0.29, 0.717) is 16.9 Å². The van der Waals surface area contributed by atoms with Crippen LogP contribution in [-0.2, 0) is 17.9 Å². The van der Waals surface area contributed by atoms with Crippen LogP contribution in [0, 0.1) is 17.8 Å². The topological polar surface area (TPSA) is 105 Å². The lowest BCUT2D eigenvalue weighted by molar-refractivity contribution is -0.120. The second-order valence-electron chi connectivity index (χ2n) is 18.8. The summed E-state index contributed by atoms with van der Waals surface area (Å²) in [6.45, 7) is 3.99. The van der Waals surface area contributed by atoms with Crippen LogP contribution in [0.3, 0.4) is 0 Å². The quantitative estimate of drug-likeness (QED) is 0.130. The zero-order valence-corrected chi connectivity index (χ0v) is 41.5. The first-order valence-electron chi connectivity index (χ1n) is 24.7. The van der Waals surface area contributed by atoms with Crippen molar-refractivity contribution in [2.75, 3.05) is 18.4 Å². The molecule has 1 saturated heterocycles. The number of nitrogens with one attached hydrogen (secondary N) is 2. The van der Waals surface area contributed by atoms with Gasteiger partial charge in [-0.25, -0.2) is 9.97 Å². The number of piperidine rings is 1. The van der Waals surface area contributed by atoms with Gasteiger partial charge in [-0.1, -0.05) is 94.5 Å². The Morgan fingerprint density at radius 2 is 1.14 bits per heavy atom. The molecule has 12 heteroatoms. The molecule has 0 radical (unpaired) electrons. The summed E-state index contributed by atoms with van der Waals surface area (Å²) in [5.41, 5.74) is 15.6. The van der Waals surface area contributed by atoms with E-state index in [4.69, 9.17) is 45.4 Å². The summed E-state index contributed by atoms with van der Waals surface area (Å²) in [5, 5.41) is 18.6. The van der Waals surface area contributed by atoms with Crippen LogP contribution in [0.4, 0.5) is 5.69 Å². The minimum atomic E-state index is -0.0111. The minimum absolute atomic E-state index is 0.0111. The average molecular weight is 989 g/mol. The van der Waals surface area contributed by atoms with Gasteiger partial charge in [0.1, 0.15) is 0 Å². The second kappa shape index (κ2) is 22.3. The predicted molar refractivity (Wildman–Crippen MR) is 288 cm³/mol. The van der Waals surface area contributed by atoms with Gasteiger partial charge in [-0.3, -0.25) is 4.79 Å². The Hall–Kier alpha value is -6.10. The molecule has 2 aromatic heterocycles. The number of halogens is 3. The maximum Gasteiger partial charge on any atom is 0.227 e. The summed E-state index contributed by atoms with van der Waals surface area (Å²) in [7, 11) is 0. The number of hydrogen-bond donors (Lipinski definition) is 2. The van der Waals surface area contributed by atoms with Crippen LogP contribution in [0.25, 0.3) is 33.9 Å². The number of allylic oxidation sites excluding steroid dienone is 8. The van der Waals surface area contributed by atoms with Crippen molar-refractivity contribution in [1.82, 2.24) is 24.4 Å². The van der Waals surface area contributed by atoms with Crippen molar-refractivity contribution >= 4 is 69.7 Å². The Morgan fingerprint density at radius 3 is 1.64 bits per heavy atom. The van der Waals surface area contributed by atoms with Gasteiger partial charge in [0, 0.05) is 64.6 Å². The first-order chi connectivity index (χ1) is 34.3.